The van der Waals surface area contributed by atoms with Gasteiger partial charge in [0.05, 0.1) is 19.3 Å². The highest BCUT2D eigenvalue weighted by Crippen LogP contribution is 2.14. The molecule has 90 valence electrons. The quantitative estimate of drug-likeness (QED) is 0.657. The van der Waals surface area contributed by atoms with Gasteiger partial charge in [0.1, 0.15) is 0 Å². The lowest BCUT2D eigenvalue weighted by atomic mass is 9.97. The zero-order valence-corrected chi connectivity index (χ0v) is 10.1. The second-order valence-corrected chi connectivity index (χ2v) is 4.35. The Labute approximate surface area is 93.5 Å². The summed E-state index contributed by atoms with van der Waals surface area (Å²) >= 11 is 0. The van der Waals surface area contributed by atoms with E-state index in [1.165, 1.54) is 12.8 Å². The van der Waals surface area contributed by atoms with Crippen molar-refractivity contribution < 1.29 is 9.47 Å². The van der Waals surface area contributed by atoms with E-state index in [1.807, 2.05) is 0 Å². The summed E-state index contributed by atoms with van der Waals surface area (Å²) in [7, 11) is 0. The minimum absolute atomic E-state index is 0.383. The summed E-state index contributed by atoms with van der Waals surface area (Å²) < 4.78 is 11.2. The van der Waals surface area contributed by atoms with Crippen molar-refractivity contribution in [1.29, 1.82) is 0 Å². The van der Waals surface area contributed by atoms with Crippen molar-refractivity contribution in [2.24, 2.45) is 5.92 Å². The average Bonchev–Trinajstić information content (AvgIpc) is 2.25. The molecule has 3 heteroatoms. The first kappa shape index (κ1) is 12.9. The lowest BCUT2D eigenvalue weighted by molar-refractivity contribution is -0.0267. The fraction of sp³-hybridized carbons (Fsp3) is 1.00. The minimum Gasteiger partial charge on any atom is -0.379 e. The largest absolute Gasteiger partial charge is 0.379 e. The molecule has 0 radical (unpaired) electrons. The third-order valence-corrected chi connectivity index (χ3v) is 2.96. The summed E-state index contributed by atoms with van der Waals surface area (Å²) in [6.45, 7) is 8.92. The molecule has 0 bridgehead atoms. The van der Waals surface area contributed by atoms with Crippen molar-refractivity contribution in [3.63, 3.8) is 0 Å². The van der Waals surface area contributed by atoms with Gasteiger partial charge >= 0.3 is 0 Å². The monoisotopic (exact) mass is 215 g/mol. The van der Waals surface area contributed by atoms with E-state index in [-0.39, 0.29) is 0 Å². The molecule has 0 aliphatic carbocycles. The molecule has 0 saturated carbocycles. The molecule has 1 fully saturated rings. The van der Waals surface area contributed by atoms with Crippen LogP contribution in [0.5, 0.6) is 0 Å². The molecular formula is C12H25NO2. The van der Waals surface area contributed by atoms with Gasteiger partial charge in [-0.2, -0.15) is 0 Å². The Balaban J connectivity index is 1.94. The molecule has 0 aromatic heterocycles. The maximum Gasteiger partial charge on any atom is 0.0726 e. The minimum atomic E-state index is 0.383. The van der Waals surface area contributed by atoms with Crippen LogP contribution in [0, 0.1) is 5.92 Å². The molecule has 0 spiro atoms. The third-order valence-electron chi connectivity index (χ3n) is 2.96. The van der Waals surface area contributed by atoms with E-state index in [0.717, 1.165) is 39.3 Å². The van der Waals surface area contributed by atoms with E-state index < -0.39 is 0 Å². The van der Waals surface area contributed by atoms with E-state index in [0.29, 0.717) is 12.0 Å². The number of ether oxygens (including phenoxy) is 2. The Morgan fingerprint density at radius 2 is 2.13 bits per heavy atom. The maximum absolute atomic E-state index is 5.79. The van der Waals surface area contributed by atoms with Crippen LogP contribution in [0.15, 0.2) is 0 Å². The Morgan fingerprint density at radius 1 is 1.27 bits per heavy atom. The van der Waals surface area contributed by atoms with E-state index in [1.54, 1.807) is 0 Å². The number of hydrogen-bond donors (Lipinski definition) is 1. The average molecular weight is 215 g/mol. The van der Waals surface area contributed by atoms with Gasteiger partial charge in [0.2, 0.25) is 0 Å². The van der Waals surface area contributed by atoms with Gasteiger partial charge in [0.15, 0.2) is 0 Å². The van der Waals surface area contributed by atoms with Crippen molar-refractivity contribution >= 4 is 0 Å². The van der Waals surface area contributed by atoms with Crippen molar-refractivity contribution in [3.05, 3.63) is 0 Å². The topological polar surface area (TPSA) is 30.5 Å². The summed E-state index contributed by atoms with van der Waals surface area (Å²) in [6.07, 6.45) is 3.96. The van der Waals surface area contributed by atoms with Gasteiger partial charge in [-0.05, 0) is 25.3 Å². The first-order valence-corrected chi connectivity index (χ1v) is 6.24. The van der Waals surface area contributed by atoms with Crippen molar-refractivity contribution in [1.82, 2.24) is 5.32 Å². The Kier molecular flexibility index (Phi) is 6.98. The molecular weight excluding hydrogens is 190 g/mol. The van der Waals surface area contributed by atoms with Crippen LogP contribution in [0.2, 0.25) is 0 Å². The lowest BCUT2D eigenvalue weighted by Crippen LogP contribution is -2.41. The highest BCUT2D eigenvalue weighted by atomic mass is 16.5. The first-order chi connectivity index (χ1) is 7.34. The SMILES string of the molecule is CCCCOCCOC1CNCCC1C. The highest BCUT2D eigenvalue weighted by Gasteiger charge is 2.20. The molecule has 1 N–H and O–H groups in total. The van der Waals surface area contributed by atoms with Crippen LogP contribution in [0.25, 0.3) is 0 Å². The van der Waals surface area contributed by atoms with Gasteiger partial charge in [0.25, 0.3) is 0 Å². The van der Waals surface area contributed by atoms with Gasteiger partial charge in [-0.3, -0.25) is 0 Å². The normalized spacial score (nSPS) is 26.8. The summed E-state index contributed by atoms with van der Waals surface area (Å²) in [4.78, 5) is 0. The predicted octanol–water partition coefficient (Wildman–Crippen LogP) is 1.82. The number of rotatable bonds is 7. The molecule has 1 aliphatic rings. The number of piperidine rings is 1. The number of hydrogen-bond acceptors (Lipinski definition) is 3. The molecule has 0 aromatic rings. The standard InChI is InChI=1S/C12H25NO2/c1-3-4-7-14-8-9-15-12-10-13-6-5-11(12)2/h11-13H,3-10H2,1-2H3. The zero-order chi connectivity index (χ0) is 10.9. The molecule has 1 aliphatic heterocycles. The Hall–Kier alpha value is -0.120. The fourth-order valence-corrected chi connectivity index (χ4v) is 1.79. The molecule has 1 rings (SSSR count). The second kappa shape index (κ2) is 8.08. The van der Waals surface area contributed by atoms with E-state index in [4.69, 9.17) is 9.47 Å². The first-order valence-electron chi connectivity index (χ1n) is 6.24. The smallest absolute Gasteiger partial charge is 0.0726 e. The summed E-state index contributed by atoms with van der Waals surface area (Å²) in [5.74, 6) is 0.682. The Morgan fingerprint density at radius 3 is 2.87 bits per heavy atom. The summed E-state index contributed by atoms with van der Waals surface area (Å²) in [5, 5.41) is 3.36. The van der Waals surface area contributed by atoms with Gasteiger partial charge in [-0.1, -0.05) is 20.3 Å². The van der Waals surface area contributed by atoms with Crippen LogP contribution in [0.1, 0.15) is 33.1 Å². The van der Waals surface area contributed by atoms with Crippen LogP contribution in [0.3, 0.4) is 0 Å². The molecule has 2 unspecified atom stereocenters. The van der Waals surface area contributed by atoms with Gasteiger partial charge in [0, 0.05) is 13.2 Å². The molecule has 2 atom stereocenters. The van der Waals surface area contributed by atoms with Crippen molar-refractivity contribution in [2.75, 3.05) is 32.9 Å². The van der Waals surface area contributed by atoms with Gasteiger partial charge in [-0.15, -0.1) is 0 Å². The van der Waals surface area contributed by atoms with Gasteiger partial charge in [-0.25, -0.2) is 0 Å². The highest BCUT2D eigenvalue weighted by molar-refractivity contribution is 4.75. The molecule has 0 aromatic carbocycles. The van der Waals surface area contributed by atoms with E-state index in [2.05, 4.69) is 19.2 Å². The van der Waals surface area contributed by atoms with Crippen LogP contribution < -0.4 is 5.32 Å². The van der Waals surface area contributed by atoms with E-state index in [9.17, 15) is 0 Å². The second-order valence-electron chi connectivity index (χ2n) is 4.35. The summed E-state index contributed by atoms with van der Waals surface area (Å²) in [5.41, 5.74) is 0. The van der Waals surface area contributed by atoms with Crippen LogP contribution in [-0.4, -0.2) is 39.0 Å². The fourth-order valence-electron chi connectivity index (χ4n) is 1.79. The maximum atomic E-state index is 5.79. The number of unbranched alkanes of at least 4 members (excludes halogenated alkanes) is 1. The van der Waals surface area contributed by atoms with Crippen molar-refractivity contribution in [2.45, 2.75) is 39.2 Å². The molecule has 1 heterocycles. The van der Waals surface area contributed by atoms with Crippen LogP contribution in [-0.2, 0) is 9.47 Å². The Bertz CT molecular complexity index is 153. The zero-order valence-electron chi connectivity index (χ0n) is 10.1. The molecule has 15 heavy (non-hydrogen) atoms. The van der Waals surface area contributed by atoms with Crippen LogP contribution >= 0.6 is 0 Å². The van der Waals surface area contributed by atoms with Crippen LogP contribution in [0.4, 0.5) is 0 Å². The molecule has 3 nitrogen and oxygen atoms in total. The van der Waals surface area contributed by atoms with Crippen molar-refractivity contribution in [3.8, 4) is 0 Å². The van der Waals surface area contributed by atoms with Gasteiger partial charge < -0.3 is 14.8 Å². The van der Waals surface area contributed by atoms with E-state index >= 15 is 0 Å². The third kappa shape index (κ3) is 5.50. The number of nitrogens with one attached hydrogen (secondary N) is 1. The molecule has 1 saturated heterocycles. The summed E-state index contributed by atoms with van der Waals surface area (Å²) in [6, 6.07) is 0. The predicted molar refractivity (Wildman–Crippen MR) is 62.1 cm³/mol. The molecule has 0 amide bonds. The lowest BCUT2D eigenvalue weighted by Gasteiger charge is -2.29.